The van der Waals surface area contributed by atoms with Gasteiger partial charge in [0.15, 0.2) is 11.5 Å². The second kappa shape index (κ2) is 5.87. The maximum atomic E-state index is 11.0. The van der Waals surface area contributed by atoms with Crippen LogP contribution >= 0.6 is 0 Å². The van der Waals surface area contributed by atoms with Crippen LogP contribution in [-0.2, 0) is 0 Å². The Hall–Kier alpha value is -1.55. The molecule has 1 fully saturated rings. The quantitative estimate of drug-likeness (QED) is 0.832. The molecule has 0 bridgehead atoms. The SMILES string of the molecule is COc1cc(C=O)cc(C2CCCCN2)c1OC. The Morgan fingerprint density at radius 3 is 2.67 bits per heavy atom. The first-order chi connectivity index (χ1) is 8.80. The molecule has 4 nitrogen and oxygen atoms in total. The van der Waals surface area contributed by atoms with E-state index in [9.17, 15) is 4.79 Å². The molecule has 1 aromatic rings. The number of nitrogens with one attached hydrogen (secondary N) is 1. The standard InChI is InChI=1S/C14H19NO3/c1-17-13-8-10(9-16)7-11(14(13)18-2)12-5-3-4-6-15-12/h7-9,12,15H,3-6H2,1-2H3. The summed E-state index contributed by atoms with van der Waals surface area (Å²) in [6.07, 6.45) is 4.29. The van der Waals surface area contributed by atoms with Gasteiger partial charge >= 0.3 is 0 Å². The molecule has 0 radical (unpaired) electrons. The highest BCUT2D eigenvalue weighted by molar-refractivity contribution is 5.77. The highest BCUT2D eigenvalue weighted by atomic mass is 16.5. The van der Waals surface area contributed by atoms with Crippen molar-refractivity contribution in [2.45, 2.75) is 25.3 Å². The minimum Gasteiger partial charge on any atom is -0.493 e. The van der Waals surface area contributed by atoms with Gasteiger partial charge in [-0.25, -0.2) is 0 Å². The van der Waals surface area contributed by atoms with Gasteiger partial charge in [0.05, 0.1) is 14.2 Å². The molecule has 1 heterocycles. The Bertz CT molecular complexity index is 425. The van der Waals surface area contributed by atoms with Gasteiger partial charge in [-0.1, -0.05) is 6.42 Å². The lowest BCUT2D eigenvalue weighted by Gasteiger charge is -2.26. The van der Waals surface area contributed by atoms with E-state index in [1.54, 1.807) is 20.3 Å². The summed E-state index contributed by atoms with van der Waals surface area (Å²) >= 11 is 0. The molecule has 1 aliphatic heterocycles. The molecular formula is C14H19NO3. The first-order valence-corrected chi connectivity index (χ1v) is 6.24. The number of piperidine rings is 1. The molecule has 98 valence electrons. The van der Waals surface area contributed by atoms with Crippen LogP contribution in [0.3, 0.4) is 0 Å². The van der Waals surface area contributed by atoms with Crippen molar-refractivity contribution in [1.82, 2.24) is 5.32 Å². The van der Waals surface area contributed by atoms with Crippen LogP contribution in [0.2, 0.25) is 0 Å². The highest BCUT2D eigenvalue weighted by Crippen LogP contribution is 2.38. The predicted octanol–water partition coefficient (Wildman–Crippen LogP) is 2.33. The van der Waals surface area contributed by atoms with Crippen LogP contribution in [0.25, 0.3) is 0 Å². The third-order valence-electron chi connectivity index (χ3n) is 3.35. The molecule has 1 N–H and O–H groups in total. The van der Waals surface area contributed by atoms with Gasteiger partial charge in [-0.05, 0) is 31.5 Å². The van der Waals surface area contributed by atoms with E-state index >= 15 is 0 Å². The van der Waals surface area contributed by atoms with Gasteiger partial charge in [0.1, 0.15) is 6.29 Å². The third-order valence-corrected chi connectivity index (χ3v) is 3.35. The summed E-state index contributed by atoms with van der Waals surface area (Å²) in [7, 11) is 3.22. The van der Waals surface area contributed by atoms with E-state index < -0.39 is 0 Å². The number of hydrogen-bond donors (Lipinski definition) is 1. The van der Waals surface area contributed by atoms with Gasteiger partial charge in [-0.2, -0.15) is 0 Å². The van der Waals surface area contributed by atoms with Crippen LogP contribution in [0.15, 0.2) is 12.1 Å². The third kappa shape index (κ3) is 2.48. The number of methoxy groups -OCH3 is 2. The van der Waals surface area contributed by atoms with Crippen LogP contribution in [0.5, 0.6) is 11.5 Å². The van der Waals surface area contributed by atoms with Crippen LogP contribution in [-0.4, -0.2) is 27.1 Å². The topological polar surface area (TPSA) is 47.6 Å². The van der Waals surface area contributed by atoms with E-state index in [0.717, 1.165) is 30.6 Å². The minimum absolute atomic E-state index is 0.238. The maximum absolute atomic E-state index is 11.0. The zero-order valence-corrected chi connectivity index (χ0v) is 10.9. The predicted molar refractivity (Wildman–Crippen MR) is 69.5 cm³/mol. The monoisotopic (exact) mass is 249 g/mol. The van der Waals surface area contributed by atoms with Gasteiger partial charge < -0.3 is 14.8 Å². The minimum atomic E-state index is 0.238. The number of benzene rings is 1. The summed E-state index contributed by atoms with van der Waals surface area (Å²) in [6, 6.07) is 3.83. The largest absolute Gasteiger partial charge is 0.493 e. The number of hydrogen-bond acceptors (Lipinski definition) is 4. The van der Waals surface area contributed by atoms with Crippen LogP contribution in [0.4, 0.5) is 0 Å². The van der Waals surface area contributed by atoms with Gasteiger partial charge in [0.2, 0.25) is 0 Å². The summed E-state index contributed by atoms with van der Waals surface area (Å²) in [4.78, 5) is 11.0. The molecule has 0 amide bonds. The van der Waals surface area contributed by atoms with Crippen molar-refractivity contribution < 1.29 is 14.3 Å². The molecule has 2 rings (SSSR count). The summed E-state index contributed by atoms with van der Waals surface area (Å²) in [6.45, 7) is 1.00. The highest BCUT2D eigenvalue weighted by Gasteiger charge is 2.22. The number of carbonyl (C=O) groups excluding carboxylic acids is 1. The molecule has 1 atom stereocenters. The van der Waals surface area contributed by atoms with E-state index in [0.29, 0.717) is 11.3 Å². The van der Waals surface area contributed by atoms with Crippen LogP contribution < -0.4 is 14.8 Å². The lowest BCUT2D eigenvalue weighted by atomic mass is 9.95. The molecule has 0 saturated carbocycles. The Morgan fingerprint density at radius 2 is 2.11 bits per heavy atom. The zero-order chi connectivity index (χ0) is 13.0. The molecule has 1 aromatic carbocycles. The van der Waals surface area contributed by atoms with Crippen molar-refractivity contribution in [3.63, 3.8) is 0 Å². The molecule has 0 aromatic heterocycles. The van der Waals surface area contributed by atoms with E-state index in [1.807, 2.05) is 6.07 Å². The van der Waals surface area contributed by atoms with Gasteiger partial charge in [0, 0.05) is 17.2 Å². The number of rotatable bonds is 4. The summed E-state index contributed by atoms with van der Waals surface area (Å²) in [5.74, 6) is 1.34. The molecule has 1 aliphatic rings. The van der Waals surface area contributed by atoms with Crippen LogP contribution in [0, 0.1) is 0 Å². The molecule has 4 heteroatoms. The van der Waals surface area contributed by atoms with Crippen molar-refractivity contribution >= 4 is 6.29 Å². The molecule has 0 spiro atoms. The molecule has 0 aliphatic carbocycles. The van der Waals surface area contributed by atoms with Gasteiger partial charge in [-0.3, -0.25) is 4.79 Å². The second-order valence-electron chi connectivity index (χ2n) is 4.47. The van der Waals surface area contributed by atoms with Crippen molar-refractivity contribution in [3.05, 3.63) is 23.3 Å². The first-order valence-electron chi connectivity index (χ1n) is 6.24. The fourth-order valence-corrected chi connectivity index (χ4v) is 2.46. The fraction of sp³-hybridized carbons (Fsp3) is 0.500. The molecule has 18 heavy (non-hydrogen) atoms. The van der Waals surface area contributed by atoms with Crippen molar-refractivity contribution in [2.75, 3.05) is 20.8 Å². The molecular weight excluding hydrogens is 230 g/mol. The summed E-state index contributed by atoms with van der Waals surface area (Å²) in [5.41, 5.74) is 1.63. The van der Waals surface area contributed by atoms with Crippen molar-refractivity contribution in [1.29, 1.82) is 0 Å². The Balaban J connectivity index is 2.44. The number of aldehydes is 1. The Labute approximate surface area is 107 Å². The smallest absolute Gasteiger partial charge is 0.165 e. The zero-order valence-electron chi connectivity index (χ0n) is 10.9. The van der Waals surface area contributed by atoms with Crippen LogP contribution in [0.1, 0.15) is 41.2 Å². The second-order valence-corrected chi connectivity index (χ2v) is 4.47. The Kier molecular flexibility index (Phi) is 4.20. The lowest BCUT2D eigenvalue weighted by Crippen LogP contribution is -2.27. The molecule has 1 unspecified atom stereocenters. The number of ether oxygens (including phenoxy) is 2. The van der Waals surface area contributed by atoms with Crippen molar-refractivity contribution in [2.24, 2.45) is 0 Å². The molecule has 1 saturated heterocycles. The average Bonchev–Trinajstić information content (AvgIpc) is 2.46. The van der Waals surface area contributed by atoms with E-state index in [-0.39, 0.29) is 6.04 Å². The normalized spacial score (nSPS) is 19.3. The lowest BCUT2D eigenvalue weighted by molar-refractivity contribution is 0.112. The van der Waals surface area contributed by atoms with Gasteiger partial charge in [-0.15, -0.1) is 0 Å². The Morgan fingerprint density at radius 1 is 1.28 bits per heavy atom. The van der Waals surface area contributed by atoms with E-state index in [1.165, 1.54) is 12.8 Å². The summed E-state index contributed by atoms with van der Waals surface area (Å²) < 4.78 is 10.7. The first kappa shape index (κ1) is 12.9. The summed E-state index contributed by atoms with van der Waals surface area (Å²) in [5, 5.41) is 3.46. The van der Waals surface area contributed by atoms with E-state index in [2.05, 4.69) is 5.32 Å². The average molecular weight is 249 g/mol. The van der Waals surface area contributed by atoms with Gasteiger partial charge in [0.25, 0.3) is 0 Å². The van der Waals surface area contributed by atoms with E-state index in [4.69, 9.17) is 9.47 Å². The maximum Gasteiger partial charge on any atom is 0.165 e. The van der Waals surface area contributed by atoms with Crippen molar-refractivity contribution in [3.8, 4) is 11.5 Å². The fourth-order valence-electron chi connectivity index (χ4n) is 2.46. The number of carbonyl (C=O) groups is 1.